The van der Waals surface area contributed by atoms with Gasteiger partial charge in [0.1, 0.15) is 12.4 Å². The molecule has 1 heterocycles. The second-order valence-corrected chi connectivity index (χ2v) is 3.52. The van der Waals surface area contributed by atoms with Gasteiger partial charge in [0.05, 0.1) is 11.6 Å². The summed E-state index contributed by atoms with van der Waals surface area (Å²) >= 11 is 0. The van der Waals surface area contributed by atoms with E-state index in [0.29, 0.717) is 6.07 Å². The topological polar surface area (TPSA) is 38.3 Å². The van der Waals surface area contributed by atoms with E-state index in [1.165, 1.54) is 0 Å². The number of carbonyl (C=O) groups excluding carboxylic acids is 1. The van der Waals surface area contributed by atoms with Gasteiger partial charge in [-0.3, -0.25) is 0 Å². The van der Waals surface area contributed by atoms with Crippen molar-refractivity contribution in [3.63, 3.8) is 0 Å². The lowest BCUT2D eigenvalue weighted by atomic mass is 10.0. The van der Waals surface area contributed by atoms with Crippen molar-refractivity contribution in [1.82, 2.24) is 5.32 Å². The maximum absolute atomic E-state index is 13.0. The predicted octanol–water partition coefficient (Wildman–Crippen LogP) is 3.05. The highest BCUT2D eigenvalue weighted by molar-refractivity contribution is 5.85. The molecule has 1 amide bonds. The zero-order valence-electron chi connectivity index (χ0n) is 8.75. The molecule has 1 aliphatic rings. The predicted molar refractivity (Wildman–Crippen MR) is 55.9 cm³/mol. The summed E-state index contributed by atoms with van der Waals surface area (Å²) in [6.07, 6.45) is -5.41. The maximum Gasteiger partial charge on any atom is 0.416 e. The second-order valence-electron chi connectivity index (χ2n) is 3.52. The Hall–Kier alpha value is -1.50. The van der Waals surface area contributed by atoms with Gasteiger partial charge in [0.25, 0.3) is 0 Å². The smallest absolute Gasteiger partial charge is 0.416 e. The largest absolute Gasteiger partial charge is 0.447 e. The zero-order chi connectivity index (χ0) is 12.6. The SMILES string of the molecule is Cl.O=C1N[C@@H](c2cc(F)ccc2C(F)(F)F)CO1. The molecule has 0 radical (unpaired) electrons. The molecule has 0 saturated carbocycles. The van der Waals surface area contributed by atoms with E-state index in [9.17, 15) is 22.4 Å². The fourth-order valence-electron chi connectivity index (χ4n) is 1.63. The van der Waals surface area contributed by atoms with Gasteiger partial charge >= 0.3 is 12.3 Å². The molecule has 1 fully saturated rings. The van der Waals surface area contributed by atoms with E-state index in [2.05, 4.69) is 10.1 Å². The van der Waals surface area contributed by atoms with Crippen LogP contribution in [0.1, 0.15) is 17.2 Å². The molecule has 0 unspecified atom stereocenters. The third-order valence-electron chi connectivity index (χ3n) is 2.37. The second kappa shape index (κ2) is 5.01. The Morgan fingerprint density at radius 1 is 1.33 bits per heavy atom. The highest BCUT2D eigenvalue weighted by Gasteiger charge is 2.37. The molecule has 0 aromatic heterocycles. The first-order valence-electron chi connectivity index (χ1n) is 4.68. The number of hydrogen-bond acceptors (Lipinski definition) is 2. The number of carbonyl (C=O) groups is 1. The van der Waals surface area contributed by atoms with E-state index >= 15 is 0 Å². The molecule has 0 spiro atoms. The number of ether oxygens (including phenoxy) is 1. The van der Waals surface area contributed by atoms with Crippen molar-refractivity contribution in [2.75, 3.05) is 6.61 Å². The third kappa shape index (κ3) is 2.84. The molecular weight excluding hydrogens is 278 g/mol. The van der Waals surface area contributed by atoms with E-state index in [1.807, 2.05) is 0 Å². The molecule has 8 heteroatoms. The molecule has 1 aromatic rings. The average Bonchev–Trinajstić information content (AvgIpc) is 2.62. The first kappa shape index (κ1) is 14.6. The highest BCUT2D eigenvalue weighted by Crippen LogP contribution is 2.35. The standard InChI is InChI=1S/C10H7F4NO2.ClH/c11-5-1-2-7(10(12,13)14)6(3-5)8-4-17-9(16)15-8;/h1-3,8H,4H2,(H,15,16);1H/t8-;/m1./s1. The Bertz CT molecular complexity index is 464. The highest BCUT2D eigenvalue weighted by atomic mass is 35.5. The number of rotatable bonds is 1. The van der Waals surface area contributed by atoms with Gasteiger partial charge in [0, 0.05) is 0 Å². The normalized spacial score (nSPS) is 18.9. The van der Waals surface area contributed by atoms with E-state index in [0.717, 1.165) is 12.1 Å². The zero-order valence-corrected chi connectivity index (χ0v) is 9.57. The van der Waals surface area contributed by atoms with Gasteiger partial charge in [0.2, 0.25) is 0 Å². The number of amides is 1. The Labute approximate surface area is 106 Å². The summed E-state index contributed by atoms with van der Waals surface area (Å²) in [7, 11) is 0. The van der Waals surface area contributed by atoms with E-state index < -0.39 is 29.7 Å². The van der Waals surface area contributed by atoms with Gasteiger partial charge in [-0.25, -0.2) is 9.18 Å². The van der Waals surface area contributed by atoms with Crippen LogP contribution in [0.3, 0.4) is 0 Å². The molecular formula is C10H8ClF4NO2. The lowest BCUT2D eigenvalue weighted by molar-refractivity contribution is -0.138. The van der Waals surface area contributed by atoms with Crippen LogP contribution in [-0.4, -0.2) is 12.7 Å². The van der Waals surface area contributed by atoms with Gasteiger partial charge in [-0.15, -0.1) is 12.4 Å². The number of nitrogens with one attached hydrogen (secondary N) is 1. The number of halogens is 5. The van der Waals surface area contributed by atoms with Gasteiger partial charge in [-0.2, -0.15) is 13.2 Å². The maximum atomic E-state index is 13.0. The van der Waals surface area contributed by atoms with Gasteiger partial charge in [0.15, 0.2) is 0 Å². The fraction of sp³-hybridized carbons (Fsp3) is 0.300. The van der Waals surface area contributed by atoms with Crippen molar-refractivity contribution in [2.24, 2.45) is 0 Å². The number of alkyl carbamates (subject to hydrolysis) is 1. The summed E-state index contributed by atoms with van der Waals surface area (Å²) in [4.78, 5) is 10.8. The first-order chi connectivity index (χ1) is 7.88. The van der Waals surface area contributed by atoms with Crippen molar-refractivity contribution in [3.05, 3.63) is 35.1 Å². The van der Waals surface area contributed by atoms with E-state index in [-0.39, 0.29) is 24.6 Å². The minimum absolute atomic E-state index is 0. The van der Waals surface area contributed by atoms with Crippen LogP contribution in [0.15, 0.2) is 18.2 Å². The van der Waals surface area contributed by atoms with Crippen LogP contribution >= 0.6 is 12.4 Å². The van der Waals surface area contributed by atoms with Crippen LogP contribution in [0, 0.1) is 5.82 Å². The van der Waals surface area contributed by atoms with Crippen molar-refractivity contribution in [3.8, 4) is 0 Å². The molecule has 1 aliphatic heterocycles. The fourth-order valence-corrected chi connectivity index (χ4v) is 1.63. The van der Waals surface area contributed by atoms with Crippen LogP contribution in [-0.2, 0) is 10.9 Å². The Morgan fingerprint density at radius 2 is 2.00 bits per heavy atom. The van der Waals surface area contributed by atoms with Crippen molar-refractivity contribution in [1.29, 1.82) is 0 Å². The summed E-state index contributed by atoms with van der Waals surface area (Å²) < 4.78 is 55.4. The molecule has 0 bridgehead atoms. The molecule has 3 nitrogen and oxygen atoms in total. The molecule has 2 rings (SSSR count). The Balaban J connectivity index is 0.00000162. The number of benzene rings is 1. The molecule has 100 valence electrons. The molecule has 1 aromatic carbocycles. The number of hydrogen-bond donors (Lipinski definition) is 1. The lowest BCUT2D eigenvalue weighted by Gasteiger charge is -2.16. The monoisotopic (exact) mass is 285 g/mol. The van der Waals surface area contributed by atoms with Gasteiger partial charge < -0.3 is 10.1 Å². The van der Waals surface area contributed by atoms with Gasteiger partial charge in [-0.1, -0.05) is 0 Å². The van der Waals surface area contributed by atoms with Crippen molar-refractivity contribution in [2.45, 2.75) is 12.2 Å². The van der Waals surface area contributed by atoms with Crippen LogP contribution in [0.25, 0.3) is 0 Å². The minimum Gasteiger partial charge on any atom is -0.447 e. The Kier molecular flexibility index (Phi) is 4.05. The molecule has 1 saturated heterocycles. The van der Waals surface area contributed by atoms with E-state index in [4.69, 9.17) is 0 Å². The molecule has 1 atom stereocenters. The number of cyclic esters (lactones) is 1. The van der Waals surface area contributed by atoms with Crippen LogP contribution in [0.2, 0.25) is 0 Å². The number of alkyl halides is 3. The van der Waals surface area contributed by atoms with Crippen LogP contribution in [0.5, 0.6) is 0 Å². The van der Waals surface area contributed by atoms with Crippen LogP contribution in [0.4, 0.5) is 22.4 Å². The summed E-state index contributed by atoms with van der Waals surface area (Å²) in [5, 5.41) is 2.18. The molecule has 0 aliphatic carbocycles. The summed E-state index contributed by atoms with van der Waals surface area (Å²) in [6, 6.07) is 1.15. The van der Waals surface area contributed by atoms with Crippen molar-refractivity contribution < 1.29 is 27.1 Å². The van der Waals surface area contributed by atoms with Crippen molar-refractivity contribution >= 4 is 18.5 Å². The third-order valence-corrected chi connectivity index (χ3v) is 2.37. The van der Waals surface area contributed by atoms with Gasteiger partial charge in [-0.05, 0) is 23.8 Å². The minimum atomic E-state index is -4.60. The summed E-state index contributed by atoms with van der Waals surface area (Å²) in [5.41, 5.74) is -1.31. The summed E-state index contributed by atoms with van der Waals surface area (Å²) in [6.45, 7) is -0.245. The van der Waals surface area contributed by atoms with E-state index in [1.54, 1.807) is 0 Å². The first-order valence-corrected chi connectivity index (χ1v) is 4.68. The molecule has 18 heavy (non-hydrogen) atoms. The summed E-state index contributed by atoms with van der Waals surface area (Å²) in [5.74, 6) is -0.797. The quantitative estimate of drug-likeness (QED) is 0.806. The molecule has 1 N–H and O–H groups in total. The lowest BCUT2D eigenvalue weighted by Crippen LogP contribution is -2.22. The van der Waals surface area contributed by atoms with Crippen LogP contribution < -0.4 is 5.32 Å². The average molecular weight is 286 g/mol. The Morgan fingerprint density at radius 3 is 2.50 bits per heavy atom.